The van der Waals surface area contributed by atoms with Gasteiger partial charge >= 0.3 is 5.97 Å². The highest BCUT2D eigenvalue weighted by atomic mass is 19.1. The Hall–Kier alpha value is -2.94. The molecule has 3 N–H and O–H groups in total. The van der Waals surface area contributed by atoms with Crippen molar-refractivity contribution in [2.24, 2.45) is 0 Å². The van der Waals surface area contributed by atoms with Gasteiger partial charge in [0.05, 0.1) is 39.0 Å². The Morgan fingerprint density at radius 2 is 1.86 bits per heavy atom. The van der Waals surface area contributed by atoms with E-state index in [1.807, 2.05) is 19.9 Å². The highest BCUT2D eigenvalue weighted by Crippen LogP contribution is 2.45. The zero-order valence-electron chi connectivity index (χ0n) is 20.7. The number of halogens is 1. The quantitative estimate of drug-likeness (QED) is 0.364. The molecule has 0 aliphatic heterocycles. The van der Waals surface area contributed by atoms with Gasteiger partial charge < -0.3 is 29.5 Å². The van der Waals surface area contributed by atoms with Crippen LogP contribution in [-0.2, 0) is 9.53 Å². The number of rotatable bonds is 13. The van der Waals surface area contributed by atoms with Crippen LogP contribution in [0.25, 0.3) is 17.2 Å². The van der Waals surface area contributed by atoms with Gasteiger partial charge in [0.2, 0.25) is 0 Å². The lowest BCUT2D eigenvalue weighted by molar-refractivity contribution is -0.145. The third-order valence-corrected chi connectivity index (χ3v) is 5.33. The van der Waals surface area contributed by atoms with Crippen molar-refractivity contribution in [2.75, 3.05) is 26.9 Å². The standard InChI is InChI=1S/C27H35FO7/c1-5-34-25(32)15-21(31)14-20(30)10-11-22-23(17(2)3)16-24(35-13-12-29)27(33-4)26(22)18-6-8-19(28)9-7-18/h6-11,16-17,20-21,29-31H,5,12-15H2,1-4H3. The number of ether oxygens (including phenoxy) is 3. The molecule has 0 saturated heterocycles. The first kappa shape index (κ1) is 28.3. The van der Waals surface area contributed by atoms with E-state index in [1.165, 1.54) is 25.3 Å². The van der Waals surface area contributed by atoms with Gasteiger partial charge in [0.25, 0.3) is 0 Å². The molecule has 0 aromatic heterocycles. The molecule has 192 valence electrons. The number of aliphatic hydroxyl groups is 3. The topological polar surface area (TPSA) is 105 Å². The Kier molecular flexibility index (Phi) is 11.2. The third-order valence-electron chi connectivity index (χ3n) is 5.33. The minimum Gasteiger partial charge on any atom is -0.492 e. The summed E-state index contributed by atoms with van der Waals surface area (Å²) in [6.07, 6.45) is 0.925. The summed E-state index contributed by atoms with van der Waals surface area (Å²) in [6, 6.07) is 7.78. The maximum Gasteiger partial charge on any atom is 0.308 e. The number of hydrogen-bond donors (Lipinski definition) is 3. The zero-order chi connectivity index (χ0) is 26.0. The predicted molar refractivity (Wildman–Crippen MR) is 132 cm³/mol. The Bertz CT molecular complexity index is 986. The highest BCUT2D eigenvalue weighted by Gasteiger charge is 2.22. The molecule has 0 saturated carbocycles. The van der Waals surface area contributed by atoms with E-state index in [4.69, 9.17) is 14.2 Å². The van der Waals surface area contributed by atoms with E-state index < -0.39 is 18.2 Å². The van der Waals surface area contributed by atoms with Gasteiger partial charge in [0, 0.05) is 12.0 Å². The number of methoxy groups -OCH3 is 1. The van der Waals surface area contributed by atoms with Gasteiger partial charge in [-0.05, 0) is 47.7 Å². The molecular formula is C27H35FO7. The van der Waals surface area contributed by atoms with Crippen molar-refractivity contribution < 1.29 is 38.7 Å². The van der Waals surface area contributed by atoms with Crippen LogP contribution in [0.4, 0.5) is 4.39 Å². The van der Waals surface area contributed by atoms with Crippen LogP contribution in [-0.4, -0.2) is 60.4 Å². The Labute approximate surface area is 205 Å². The Balaban J connectivity index is 2.53. The van der Waals surface area contributed by atoms with Crippen LogP contribution in [0.15, 0.2) is 36.4 Å². The fourth-order valence-corrected chi connectivity index (χ4v) is 3.76. The molecule has 0 aliphatic carbocycles. The molecule has 2 atom stereocenters. The van der Waals surface area contributed by atoms with Crippen LogP contribution in [0.5, 0.6) is 11.5 Å². The van der Waals surface area contributed by atoms with Crippen molar-refractivity contribution in [2.45, 2.75) is 51.7 Å². The number of carbonyl (C=O) groups excluding carboxylic acids is 1. The maximum atomic E-state index is 13.7. The molecule has 0 fully saturated rings. The second-order valence-corrected chi connectivity index (χ2v) is 8.34. The molecule has 7 nitrogen and oxygen atoms in total. The van der Waals surface area contributed by atoms with Crippen LogP contribution < -0.4 is 9.47 Å². The van der Waals surface area contributed by atoms with E-state index >= 15 is 0 Å². The number of aliphatic hydroxyl groups excluding tert-OH is 3. The monoisotopic (exact) mass is 490 g/mol. The molecule has 8 heteroatoms. The average molecular weight is 491 g/mol. The lowest BCUT2D eigenvalue weighted by atomic mass is 9.88. The second kappa shape index (κ2) is 13.8. The molecule has 0 heterocycles. The smallest absolute Gasteiger partial charge is 0.308 e. The Morgan fingerprint density at radius 1 is 1.17 bits per heavy atom. The molecular weight excluding hydrogens is 455 g/mol. The molecule has 0 spiro atoms. The first-order chi connectivity index (χ1) is 16.7. The van der Waals surface area contributed by atoms with Gasteiger partial charge in [-0.3, -0.25) is 4.79 Å². The van der Waals surface area contributed by atoms with Crippen molar-refractivity contribution in [3.05, 3.63) is 53.4 Å². The molecule has 35 heavy (non-hydrogen) atoms. The fraction of sp³-hybridized carbons (Fsp3) is 0.444. The van der Waals surface area contributed by atoms with Gasteiger partial charge in [-0.15, -0.1) is 0 Å². The van der Waals surface area contributed by atoms with Crippen molar-refractivity contribution in [1.82, 2.24) is 0 Å². The van der Waals surface area contributed by atoms with Crippen molar-refractivity contribution >= 4 is 12.0 Å². The molecule has 0 aliphatic rings. The van der Waals surface area contributed by atoms with E-state index in [1.54, 1.807) is 25.1 Å². The number of benzene rings is 2. The molecule has 0 bridgehead atoms. The molecule has 2 unspecified atom stereocenters. The van der Waals surface area contributed by atoms with Gasteiger partial charge in [0.15, 0.2) is 11.5 Å². The fourth-order valence-electron chi connectivity index (χ4n) is 3.76. The first-order valence-corrected chi connectivity index (χ1v) is 11.7. The first-order valence-electron chi connectivity index (χ1n) is 11.7. The Morgan fingerprint density at radius 3 is 2.43 bits per heavy atom. The van der Waals surface area contributed by atoms with E-state index in [0.29, 0.717) is 22.6 Å². The van der Waals surface area contributed by atoms with E-state index in [2.05, 4.69) is 0 Å². The SMILES string of the molecule is CCOC(=O)CC(O)CC(O)C=Cc1c(C(C)C)cc(OCCO)c(OC)c1-c1ccc(F)cc1. The van der Waals surface area contributed by atoms with Gasteiger partial charge in [-0.25, -0.2) is 4.39 Å². The summed E-state index contributed by atoms with van der Waals surface area (Å²) in [5.74, 6) is -0.0199. The van der Waals surface area contributed by atoms with E-state index in [9.17, 15) is 24.5 Å². The minimum absolute atomic E-state index is 0.0442. The molecule has 0 amide bonds. The van der Waals surface area contributed by atoms with Crippen LogP contribution in [0.1, 0.15) is 50.7 Å². The predicted octanol–water partition coefficient (Wildman–Crippen LogP) is 4.07. The van der Waals surface area contributed by atoms with Crippen LogP contribution in [0.3, 0.4) is 0 Å². The largest absolute Gasteiger partial charge is 0.492 e. The minimum atomic E-state index is -1.06. The van der Waals surface area contributed by atoms with Gasteiger partial charge in [0.1, 0.15) is 12.4 Å². The van der Waals surface area contributed by atoms with Crippen molar-refractivity contribution in [1.29, 1.82) is 0 Å². The number of carbonyl (C=O) groups is 1. The van der Waals surface area contributed by atoms with Crippen molar-refractivity contribution in [3.8, 4) is 22.6 Å². The normalized spacial score (nSPS) is 13.2. The summed E-state index contributed by atoms with van der Waals surface area (Å²) in [5, 5.41) is 29.9. The number of esters is 1. The maximum absolute atomic E-state index is 13.7. The summed E-state index contributed by atoms with van der Waals surface area (Å²) < 4.78 is 29.9. The lowest BCUT2D eigenvalue weighted by Crippen LogP contribution is -2.20. The average Bonchev–Trinajstić information content (AvgIpc) is 2.81. The molecule has 2 rings (SSSR count). The summed E-state index contributed by atoms with van der Waals surface area (Å²) in [6.45, 7) is 5.81. The summed E-state index contributed by atoms with van der Waals surface area (Å²) >= 11 is 0. The highest BCUT2D eigenvalue weighted by molar-refractivity contribution is 5.85. The van der Waals surface area contributed by atoms with E-state index in [0.717, 1.165) is 11.1 Å². The van der Waals surface area contributed by atoms with Crippen LogP contribution in [0.2, 0.25) is 0 Å². The summed E-state index contributed by atoms with van der Waals surface area (Å²) in [7, 11) is 1.50. The summed E-state index contributed by atoms with van der Waals surface area (Å²) in [4.78, 5) is 11.6. The third kappa shape index (κ3) is 8.06. The van der Waals surface area contributed by atoms with Gasteiger partial charge in [-0.1, -0.05) is 38.1 Å². The van der Waals surface area contributed by atoms with Crippen LogP contribution in [0, 0.1) is 5.82 Å². The second-order valence-electron chi connectivity index (χ2n) is 8.34. The molecule has 2 aromatic carbocycles. The van der Waals surface area contributed by atoms with Gasteiger partial charge in [-0.2, -0.15) is 0 Å². The lowest BCUT2D eigenvalue weighted by Gasteiger charge is -2.22. The van der Waals surface area contributed by atoms with Crippen molar-refractivity contribution in [3.63, 3.8) is 0 Å². The van der Waals surface area contributed by atoms with E-state index in [-0.39, 0.29) is 44.4 Å². The molecule has 0 radical (unpaired) electrons. The molecule has 2 aromatic rings. The zero-order valence-corrected chi connectivity index (χ0v) is 20.7. The number of hydrogen-bond acceptors (Lipinski definition) is 7. The summed E-state index contributed by atoms with van der Waals surface area (Å²) in [5.41, 5.74) is 2.94. The van der Waals surface area contributed by atoms with Crippen LogP contribution >= 0.6 is 0 Å².